The summed E-state index contributed by atoms with van der Waals surface area (Å²) in [6.07, 6.45) is 7.43. The molecule has 1 aliphatic carbocycles. The molecule has 0 spiro atoms. The van der Waals surface area contributed by atoms with Crippen LogP contribution in [-0.2, 0) is 0 Å². The zero-order chi connectivity index (χ0) is 6.97. The minimum absolute atomic E-state index is 0.943. The van der Waals surface area contributed by atoms with E-state index in [9.17, 15) is 0 Å². The molecule has 3 fully saturated rings. The molecule has 0 N–H and O–H groups in total. The van der Waals surface area contributed by atoms with Crippen LogP contribution in [0.5, 0.6) is 0 Å². The molecule has 1 heteroatoms. The van der Waals surface area contributed by atoms with Gasteiger partial charge in [0, 0.05) is 12.6 Å². The van der Waals surface area contributed by atoms with Gasteiger partial charge in [0.15, 0.2) is 0 Å². The van der Waals surface area contributed by atoms with Crippen molar-refractivity contribution in [2.24, 2.45) is 5.92 Å². The molecule has 10 heavy (non-hydrogen) atoms. The molecule has 2 heterocycles. The summed E-state index contributed by atoms with van der Waals surface area (Å²) >= 11 is 0. The minimum Gasteiger partial charge on any atom is -0.303 e. The van der Waals surface area contributed by atoms with Crippen molar-refractivity contribution in [1.29, 1.82) is 0 Å². The lowest BCUT2D eigenvalue weighted by atomic mass is 9.95. The molecule has 0 aromatic rings. The van der Waals surface area contributed by atoms with Crippen molar-refractivity contribution in [3.05, 3.63) is 0 Å². The number of hydrogen-bond acceptors (Lipinski definition) is 1. The van der Waals surface area contributed by atoms with Gasteiger partial charge in [0.2, 0.25) is 0 Å². The lowest BCUT2D eigenvalue weighted by Gasteiger charge is -2.33. The predicted molar refractivity (Wildman–Crippen MR) is 43.0 cm³/mol. The Morgan fingerprint density at radius 3 is 2.80 bits per heavy atom. The van der Waals surface area contributed by atoms with E-state index in [2.05, 4.69) is 11.9 Å². The highest BCUT2D eigenvalue weighted by molar-refractivity contribution is 4.83. The van der Waals surface area contributed by atoms with Crippen LogP contribution < -0.4 is 0 Å². The fraction of sp³-hybridized carbons (Fsp3) is 1.00. The van der Waals surface area contributed by atoms with Crippen LogP contribution in [0.3, 0.4) is 0 Å². The number of fused-ring (bicyclic) bond motifs is 4. The average molecular weight is 139 g/mol. The molecule has 2 bridgehead atoms. The van der Waals surface area contributed by atoms with Gasteiger partial charge in [0.05, 0.1) is 0 Å². The molecular weight excluding hydrogens is 122 g/mol. The van der Waals surface area contributed by atoms with Crippen molar-refractivity contribution in [2.45, 2.75) is 38.1 Å². The molecule has 2 atom stereocenters. The zero-order valence-corrected chi connectivity index (χ0v) is 6.84. The van der Waals surface area contributed by atoms with Crippen molar-refractivity contribution >= 4 is 0 Å². The van der Waals surface area contributed by atoms with Crippen LogP contribution in [-0.4, -0.2) is 24.5 Å². The Kier molecular flexibility index (Phi) is 1.69. The maximum atomic E-state index is 2.57. The lowest BCUT2D eigenvalue weighted by molar-refractivity contribution is 0.157. The van der Waals surface area contributed by atoms with E-state index in [1.54, 1.807) is 0 Å². The van der Waals surface area contributed by atoms with E-state index in [0.717, 1.165) is 12.0 Å². The van der Waals surface area contributed by atoms with E-state index in [4.69, 9.17) is 0 Å². The first-order valence-electron chi connectivity index (χ1n) is 4.56. The van der Waals surface area contributed by atoms with Gasteiger partial charge in [-0.25, -0.2) is 0 Å². The SMILES string of the molecule is CN1CC2CCCC1CC2. The highest BCUT2D eigenvalue weighted by Crippen LogP contribution is 2.31. The van der Waals surface area contributed by atoms with Crippen molar-refractivity contribution in [1.82, 2.24) is 4.90 Å². The van der Waals surface area contributed by atoms with Crippen LogP contribution in [0.4, 0.5) is 0 Å². The second-order valence-electron chi connectivity index (χ2n) is 3.97. The summed E-state index contributed by atoms with van der Waals surface area (Å²) in [4.78, 5) is 2.57. The van der Waals surface area contributed by atoms with E-state index in [-0.39, 0.29) is 0 Å². The molecular formula is C9H17N. The summed E-state index contributed by atoms with van der Waals surface area (Å²) in [6.45, 7) is 1.38. The topological polar surface area (TPSA) is 3.24 Å². The first-order chi connectivity index (χ1) is 4.86. The summed E-state index contributed by atoms with van der Waals surface area (Å²) in [7, 11) is 2.29. The molecule has 2 saturated heterocycles. The van der Waals surface area contributed by atoms with Crippen LogP contribution in [0.15, 0.2) is 0 Å². The molecule has 3 aliphatic rings. The molecule has 0 aromatic heterocycles. The van der Waals surface area contributed by atoms with Gasteiger partial charge in [-0.2, -0.15) is 0 Å². The monoisotopic (exact) mass is 139 g/mol. The normalized spacial score (nSPS) is 41.7. The van der Waals surface area contributed by atoms with Crippen LogP contribution in [0.25, 0.3) is 0 Å². The van der Waals surface area contributed by atoms with Gasteiger partial charge in [-0.1, -0.05) is 6.42 Å². The average Bonchev–Trinajstić information content (AvgIpc) is 2.20. The maximum Gasteiger partial charge on any atom is 0.00924 e. The predicted octanol–water partition coefficient (Wildman–Crippen LogP) is 1.88. The van der Waals surface area contributed by atoms with E-state index < -0.39 is 0 Å². The van der Waals surface area contributed by atoms with Crippen molar-refractivity contribution in [2.75, 3.05) is 13.6 Å². The first-order valence-corrected chi connectivity index (χ1v) is 4.56. The molecule has 1 saturated carbocycles. The lowest BCUT2D eigenvalue weighted by Crippen LogP contribution is -2.37. The Labute approximate surface area is 63.4 Å². The molecule has 0 radical (unpaired) electrons. The largest absolute Gasteiger partial charge is 0.303 e. The summed E-state index contributed by atoms with van der Waals surface area (Å²) < 4.78 is 0. The standard InChI is InChI=1S/C9H17N/c1-10-7-8-3-2-4-9(10)6-5-8/h8-9H,2-7H2,1H3. The third kappa shape index (κ3) is 1.07. The van der Waals surface area contributed by atoms with Crippen molar-refractivity contribution in [3.8, 4) is 0 Å². The van der Waals surface area contributed by atoms with E-state index in [1.165, 1.54) is 38.6 Å². The minimum atomic E-state index is 0.943. The van der Waals surface area contributed by atoms with Crippen LogP contribution >= 0.6 is 0 Å². The Morgan fingerprint density at radius 1 is 1.10 bits per heavy atom. The van der Waals surface area contributed by atoms with Gasteiger partial charge < -0.3 is 4.90 Å². The Bertz CT molecular complexity index is 118. The summed E-state index contributed by atoms with van der Waals surface area (Å²) in [5.74, 6) is 1.05. The quantitative estimate of drug-likeness (QED) is 0.495. The molecule has 3 rings (SSSR count). The van der Waals surface area contributed by atoms with Crippen LogP contribution in [0.1, 0.15) is 32.1 Å². The Balaban J connectivity index is 2.07. The van der Waals surface area contributed by atoms with Gasteiger partial charge in [-0.15, -0.1) is 0 Å². The zero-order valence-electron chi connectivity index (χ0n) is 6.84. The molecule has 0 amide bonds. The number of rotatable bonds is 0. The van der Waals surface area contributed by atoms with Gasteiger partial charge in [-0.3, -0.25) is 0 Å². The van der Waals surface area contributed by atoms with Gasteiger partial charge in [-0.05, 0) is 38.6 Å². The van der Waals surface area contributed by atoms with Gasteiger partial charge >= 0.3 is 0 Å². The molecule has 2 unspecified atom stereocenters. The van der Waals surface area contributed by atoms with Crippen molar-refractivity contribution in [3.63, 3.8) is 0 Å². The van der Waals surface area contributed by atoms with Gasteiger partial charge in [0.25, 0.3) is 0 Å². The van der Waals surface area contributed by atoms with E-state index >= 15 is 0 Å². The van der Waals surface area contributed by atoms with Crippen molar-refractivity contribution < 1.29 is 0 Å². The number of piperidine rings is 1. The smallest absolute Gasteiger partial charge is 0.00924 e. The molecule has 0 aromatic carbocycles. The molecule has 2 aliphatic heterocycles. The van der Waals surface area contributed by atoms with E-state index in [1.807, 2.05) is 0 Å². The second-order valence-corrected chi connectivity index (χ2v) is 3.97. The number of nitrogens with zero attached hydrogens (tertiary/aromatic N) is 1. The van der Waals surface area contributed by atoms with Crippen LogP contribution in [0, 0.1) is 5.92 Å². The highest BCUT2D eigenvalue weighted by Gasteiger charge is 2.28. The van der Waals surface area contributed by atoms with E-state index in [0.29, 0.717) is 0 Å². The second kappa shape index (κ2) is 2.54. The van der Waals surface area contributed by atoms with Crippen LogP contribution in [0.2, 0.25) is 0 Å². The number of hydrogen-bond donors (Lipinski definition) is 0. The summed E-state index contributed by atoms with van der Waals surface area (Å²) in [5.41, 5.74) is 0. The first kappa shape index (κ1) is 6.66. The molecule has 1 nitrogen and oxygen atoms in total. The highest BCUT2D eigenvalue weighted by atomic mass is 15.1. The Hall–Kier alpha value is -0.0400. The third-order valence-corrected chi connectivity index (χ3v) is 3.23. The fourth-order valence-electron chi connectivity index (χ4n) is 2.54. The Morgan fingerprint density at radius 2 is 2.00 bits per heavy atom. The molecule has 58 valence electrons. The maximum absolute atomic E-state index is 2.57. The fourth-order valence-corrected chi connectivity index (χ4v) is 2.54. The van der Waals surface area contributed by atoms with Gasteiger partial charge in [0.1, 0.15) is 0 Å². The summed E-state index contributed by atoms with van der Waals surface area (Å²) in [6, 6.07) is 0.943. The third-order valence-electron chi connectivity index (χ3n) is 3.23. The summed E-state index contributed by atoms with van der Waals surface area (Å²) in [5, 5.41) is 0.